The molecule has 1 aromatic carbocycles. The number of benzene rings is 1. The van der Waals surface area contributed by atoms with Crippen LogP contribution in [0.2, 0.25) is 0 Å². The van der Waals surface area contributed by atoms with Gasteiger partial charge in [0.05, 0.1) is 5.54 Å². The average molecular weight is 309 g/mol. The molecule has 1 fully saturated rings. The van der Waals surface area contributed by atoms with Crippen molar-refractivity contribution in [3.63, 3.8) is 0 Å². The lowest BCUT2D eigenvalue weighted by Crippen LogP contribution is -2.54. The number of anilines is 1. The Balaban J connectivity index is 1.98. The molecule has 1 aliphatic rings. The minimum absolute atomic E-state index is 0.290. The smallest absolute Gasteiger partial charge is 0.319 e. The average Bonchev–Trinajstić information content (AvgIpc) is 3.18. The fraction of sp³-hybridized carbons (Fsp3) is 0.333. The van der Waals surface area contributed by atoms with Crippen LogP contribution in [0.25, 0.3) is 0 Å². The number of para-hydroxylation sites is 1. The van der Waals surface area contributed by atoms with Crippen molar-refractivity contribution in [2.24, 2.45) is 5.73 Å². The van der Waals surface area contributed by atoms with Crippen LogP contribution in [-0.2, 0) is 6.42 Å². The van der Waals surface area contributed by atoms with E-state index in [1.54, 1.807) is 11.0 Å². The molecule has 0 unspecified atom stereocenters. The first kappa shape index (κ1) is 15.2. The maximum atomic E-state index is 12.2. The molecule has 2 aromatic rings. The van der Waals surface area contributed by atoms with E-state index >= 15 is 0 Å². The summed E-state index contributed by atoms with van der Waals surface area (Å²) >= 11 is 0. The molecule has 1 aromatic heterocycles. The summed E-state index contributed by atoms with van der Waals surface area (Å²) in [6.45, 7) is 0. The molecule has 0 radical (unpaired) electrons. The summed E-state index contributed by atoms with van der Waals surface area (Å²) in [7, 11) is 0. The summed E-state index contributed by atoms with van der Waals surface area (Å²) in [6.07, 6.45) is 4.39. The third-order valence-corrected chi connectivity index (χ3v) is 4.52. The van der Waals surface area contributed by atoms with Gasteiger partial charge in [0.25, 0.3) is 0 Å². The van der Waals surface area contributed by atoms with E-state index in [2.05, 4.69) is 0 Å². The zero-order valence-corrected chi connectivity index (χ0v) is 12.9. The molecule has 0 atom stereocenters. The Morgan fingerprint density at radius 2 is 1.91 bits per heavy atom. The summed E-state index contributed by atoms with van der Waals surface area (Å²) in [6, 6.07) is 14.5. The number of carbonyl (C=O) groups is 1. The number of nitrogens with zero attached hydrogens (tertiary/aromatic N) is 2. The van der Waals surface area contributed by atoms with Gasteiger partial charge in [0.2, 0.25) is 5.76 Å². The molecule has 0 aliphatic heterocycles. The molecular formula is C18H19N3O2. The van der Waals surface area contributed by atoms with Crippen molar-refractivity contribution in [1.82, 2.24) is 0 Å². The van der Waals surface area contributed by atoms with Crippen molar-refractivity contribution in [3.05, 3.63) is 54.0 Å². The zero-order valence-electron chi connectivity index (χ0n) is 12.9. The second-order valence-corrected chi connectivity index (χ2v) is 6.00. The van der Waals surface area contributed by atoms with Gasteiger partial charge in [-0.15, -0.1) is 0 Å². The van der Waals surface area contributed by atoms with Gasteiger partial charge in [-0.3, -0.25) is 4.90 Å². The Labute approximate surface area is 135 Å². The van der Waals surface area contributed by atoms with Gasteiger partial charge >= 0.3 is 6.03 Å². The second-order valence-electron chi connectivity index (χ2n) is 6.00. The first-order valence-electron chi connectivity index (χ1n) is 7.78. The molecule has 5 heteroatoms. The molecule has 1 saturated carbocycles. The number of nitriles is 1. The Hall–Kier alpha value is -2.74. The highest BCUT2D eigenvalue weighted by molar-refractivity contribution is 5.92. The van der Waals surface area contributed by atoms with Crippen LogP contribution in [0.3, 0.4) is 0 Å². The maximum absolute atomic E-state index is 12.2. The van der Waals surface area contributed by atoms with Gasteiger partial charge in [-0.25, -0.2) is 4.79 Å². The van der Waals surface area contributed by atoms with E-state index in [9.17, 15) is 4.79 Å². The number of furan rings is 1. The Kier molecular flexibility index (Phi) is 4.07. The number of urea groups is 1. The topological polar surface area (TPSA) is 83.3 Å². The van der Waals surface area contributed by atoms with Gasteiger partial charge in [-0.05, 0) is 37.1 Å². The minimum atomic E-state index is -0.454. The van der Waals surface area contributed by atoms with Gasteiger partial charge in [0, 0.05) is 12.1 Å². The number of rotatable bonds is 4. The normalized spacial score (nSPS) is 16.0. The summed E-state index contributed by atoms with van der Waals surface area (Å²) in [5.41, 5.74) is 6.13. The molecule has 2 N–H and O–H groups in total. The number of nitrogens with two attached hydrogens (primary N) is 1. The number of hydrogen-bond acceptors (Lipinski definition) is 3. The Morgan fingerprint density at radius 1 is 1.22 bits per heavy atom. The fourth-order valence-electron chi connectivity index (χ4n) is 3.58. The molecule has 3 rings (SSSR count). The molecule has 1 heterocycles. The van der Waals surface area contributed by atoms with Crippen molar-refractivity contribution in [1.29, 1.82) is 5.26 Å². The van der Waals surface area contributed by atoms with Gasteiger partial charge < -0.3 is 10.2 Å². The van der Waals surface area contributed by atoms with Crippen molar-refractivity contribution in [3.8, 4) is 6.07 Å². The van der Waals surface area contributed by atoms with Crippen LogP contribution in [0, 0.1) is 11.3 Å². The lowest BCUT2D eigenvalue weighted by Gasteiger charge is -2.40. The highest BCUT2D eigenvalue weighted by Crippen LogP contribution is 2.40. The third kappa shape index (κ3) is 2.93. The molecule has 1 aliphatic carbocycles. The van der Waals surface area contributed by atoms with Crippen LogP contribution >= 0.6 is 0 Å². The number of primary amides is 1. The predicted molar refractivity (Wildman–Crippen MR) is 86.8 cm³/mol. The van der Waals surface area contributed by atoms with E-state index in [0.29, 0.717) is 17.9 Å². The van der Waals surface area contributed by atoms with Crippen LogP contribution in [0.15, 0.2) is 46.9 Å². The standard InChI is InChI=1S/C18H19N3O2/c19-13-16-9-8-15(23-16)12-18(10-4-5-11-18)21(17(20)22)14-6-2-1-3-7-14/h1-3,6-9H,4-5,10-12H2,(H2,20,22). The Bertz CT molecular complexity index is 724. The summed E-state index contributed by atoms with van der Waals surface area (Å²) < 4.78 is 5.55. The first-order chi connectivity index (χ1) is 11.1. The van der Waals surface area contributed by atoms with Gasteiger partial charge in [0.1, 0.15) is 11.8 Å². The van der Waals surface area contributed by atoms with Crippen LogP contribution < -0.4 is 10.6 Å². The first-order valence-corrected chi connectivity index (χ1v) is 7.78. The highest BCUT2D eigenvalue weighted by atomic mass is 16.3. The van der Waals surface area contributed by atoms with E-state index in [0.717, 1.165) is 31.4 Å². The van der Waals surface area contributed by atoms with Gasteiger partial charge in [-0.1, -0.05) is 31.0 Å². The molecule has 23 heavy (non-hydrogen) atoms. The fourth-order valence-corrected chi connectivity index (χ4v) is 3.58. The Morgan fingerprint density at radius 3 is 2.48 bits per heavy atom. The molecular weight excluding hydrogens is 290 g/mol. The van der Waals surface area contributed by atoms with E-state index in [1.165, 1.54) is 0 Å². The lowest BCUT2D eigenvalue weighted by molar-refractivity contribution is 0.243. The number of amides is 2. The van der Waals surface area contributed by atoms with E-state index in [4.69, 9.17) is 15.4 Å². The van der Waals surface area contributed by atoms with Crippen LogP contribution in [0.1, 0.15) is 37.2 Å². The monoisotopic (exact) mass is 309 g/mol. The van der Waals surface area contributed by atoms with E-state index < -0.39 is 11.6 Å². The van der Waals surface area contributed by atoms with Gasteiger partial charge in [0.15, 0.2) is 0 Å². The SMILES string of the molecule is N#Cc1ccc(CC2(N(C(N)=O)c3ccccc3)CCCC2)o1. The van der Waals surface area contributed by atoms with Crippen molar-refractivity contribution < 1.29 is 9.21 Å². The summed E-state index contributed by atoms with van der Waals surface area (Å²) in [5.74, 6) is 1.00. The molecule has 5 nitrogen and oxygen atoms in total. The number of hydrogen-bond donors (Lipinski definition) is 1. The second kappa shape index (κ2) is 6.17. The molecule has 0 spiro atoms. The maximum Gasteiger partial charge on any atom is 0.319 e. The predicted octanol–water partition coefficient (Wildman–Crippen LogP) is 3.59. The molecule has 0 bridgehead atoms. The quantitative estimate of drug-likeness (QED) is 0.936. The van der Waals surface area contributed by atoms with Crippen LogP contribution in [-0.4, -0.2) is 11.6 Å². The number of carbonyl (C=O) groups excluding carboxylic acids is 1. The third-order valence-electron chi connectivity index (χ3n) is 4.52. The summed E-state index contributed by atoms with van der Waals surface area (Å²) in [4.78, 5) is 13.9. The molecule has 118 valence electrons. The highest BCUT2D eigenvalue weighted by Gasteiger charge is 2.43. The minimum Gasteiger partial charge on any atom is -0.451 e. The molecule has 0 saturated heterocycles. The van der Waals surface area contributed by atoms with E-state index in [-0.39, 0.29) is 0 Å². The van der Waals surface area contributed by atoms with E-state index in [1.807, 2.05) is 42.5 Å². The van der Waals surface area contributed by atoms with Crippen LogP contribution in [0.5, 0.6) is 0 Å². The van der Waals surface area contributed by atoms with Gasteiger partial charge in [-0.2, -0.15) is 5.26 Å². The summed E-state index contributed by atoms with van der Waals surface area (Å²) in [5, 5.41) is 8.92. The van der Waals surface area contributed by atoms with Crippen molar-refractivity contribution >= 4 is 11.7 Å². The largest absolute Gasteiger partial charge is 0.451 e. The molecule has 2 amide bonds. The zero-order chi connectivity index (χ0) is 16.3. The van der Waals surface area contributed by atoms with Crippen molar-refractivity contribution in [2.45, 2.75) is 37.6 Å². The lowest BCUT2D eigenvalue weighted by atomic mass is 9.89. The van der Waals surface area contributed by atoms with Crippen LogP contribution in [0.4, 0.5) is 10.5 Å². The van der Waals surface area contributed by atoms with Crippen molar-refractivity contribution in [2.75, 3.05) is 4.90 Å².